The van der Waals surface area contributed by atoms with Crippen molar-refractivity contribution in [1.29, 1.82) is 0 Å². The van der Waals surface area contributed by atoms with Gasteiger partial charge in [-0.2, -0.15) is 4.41 Å². The van der Waals surface area contributed by atoms with Crippen LogP contribution in [0.5, 0.6) is 0 Å². The molecule has 2 atom stereocenters. The number of hydrogen-bond acceptors (Lipinski definition) is 6. The van der Waals surface area contributed by atoms with Crippen LogP contribution in [0.1, 0.15) is 34.8 Å². The van der Waals surface area contributed by atoms with Crippen molar-refractivity contribution in [3.8, 4) is 11.8 Å². The van der Waals surface area contributed by atoms with Gasteiger partial charge in [0.05, 0.1) is 6.42 Å². The lowest BCUT2D eigenvalue weighted by Gasteiger charge is -2.44. The van der Waals surface area contributed by atoms with Crippen molar-refractivity contribution < 1.29 is 23.5 Å². The van der Waals surface area contributed by atoms with Crippen molar-refractivity contribution in [1.82, 2.24) is 14.7 Å². The molecule has 1 saturated heterocycles. The van der Waals surface area contributed by atoms with Crippen LogP contribution in [0.25, 0.3) is 10.8 Å². The van der Waals surface area contributed by atoms with Gasteiger partial charge in [-0.25, -0.2) is 5.01 Å². The average molecular weight is 534 g/mol. The molecular weight excluding hydrogens is 504 g/mol. The number of benzene rings is 3. The van der Waals surface area contributed by atoms with Crippen molar-refractivity contribution >= 4 is 39.6 Å². The van der Waals surface area contributed by atoms with Crippen molar-refractivity contribution in [3.63, 3.8) is 0 Å². The van der Waals surface area contributed by atoms with Gasteiger partial charge in [-0.05, 0) is 60.2 Å². The first-order valence-corrected chi connectivity index (χ1v) is 13.3. The van der Waals surface area contributed by atoms with Crippen molar-refractivity contribution in [3.05, 3.63) is 77.4 Å². The van der Waals surface area contributed by atoms with Gasteiger partial charge >= 0.3 is 5.97 Å². The lowest BCUT2D eigenvalue weighted by Crippen LogP contribution is -2.57. The van der Waals surface area contributed by atoms with Crippen LogP contribution in [0.15, 0.2) is 60.7 Å². The van der Waals surface area contributed by atoms with Gasteiger partial charge in [-0.15, -0.1) is 0 Å². The summed E-state index contributed by atoms with van der Waals surface area (Å²) >= 11 is -2.54. The maximum Gasteiger partial charge on any atom is 0.305 e. The zero-order valence-electron chi connectivity index (χ0n) is 21.2. The average Bonchev–Trinajstić information content (AvgIpc) is 2.91. The standard InChI is InChI=1S/C28H30N4O5S/c1-20(18-27(33)34)32(38(36)37)31-16-14-30(15-17-31)24-12-9-21(10-13-24)6-7-22-8-11-23-4-3-5-25(26(23)19-22)28(35)29-2/h3-5,8-13,19-20H,14-18H2,1-2H3,(H,29,35)(H,33,34)(H,36,37)/p-1. The number of carbonyl (C=O) groups is 2. The minimum atomic E-state index is -2.54. The third-order valence-electron chi connectivity index (χ3n) is 6.47. The number of carbonyl (C=O) groups excluding carboxylic acids is 1. The number of fused-ring (bicyclic) bond motifs is 1. The van der Waals surface area contributed by atoms with Crippen LogP contribution < -0.4 is 10.2 Å². The summed E-state index contributed by atoms with van der Waals surface area (Å²) in [5.74, 6) is 5.19. The second-order valence-corrected chi connectivity index (χ2v) is 9.83. The number of carboxylic acids is 1. The number of hydrogen-bond donors (Lipinski definition) is 2. The van der Waals surface area contributed by atoms with Crippen LogP contribution in [-0.4, -0.2) is 74.4 Å². The van der Waals surface area contributed by atoms with Crippen LogP contribution in [0.3, 0.4) is 0 Å². The Balaban J connectivity index is 1.42. The van der Waals surface area contributed by atoms with Crippen LogP contribution >= 0.6 is 0 Å². The fraction of sp³-hybridized carbons (Fsp3) is 0.286. The number of amides is 1. The number of rotatable bonds is 7. The van der Waals surface area contributed by atoms with Gasteiger partial charge in [0, 0.05) is 72.9 Å². The Kier molecular flexibility index (Phi) is 8.76. The summed E-state index contributed by atoms with van der Waals surface area (Å²) in [7, 11) is 1.61. The largest absolute Gasteiger partial charge is 0.759 e. The van der Waals surface area contributed by atoms with E-state index in [1.807, 2.05) is 54.6 Å². The summed E-state index contributed by atoms with van der Waals surface area (Å²) in [6.07, 6.45) is -0.259. The molecular formula is C28H29N4O5S-. The Morgan fingerprint density at radius 2 is 1.71 bits per heavy atom. The third kappa shape index (κ3) is 6.38. The monoisotopic (exact) mass is 533 g/mol. The van der Waals surface area contributed by atoms with E-state index in [1.54, 1.807) is 25.0 Å². The van der Waals surface area contributed by atoms with Gasteiger partial charge in [0.1, 0.15) is 0 Å². The van der Waals surface area contributed by atoms with Gasteiger partial charge in [-0.1, -0.05) is 30.0 Å². The van der Waals surface area contributed by atoms with Crippen LogP contribution in [0.2, 0.25) is 0 Å². The maximum atomic E-state index is 12.2. The van der Waals surface area contributed by atoms with E-state index in [0.29, 0.717) is 31.7 Å². The SMILES string of the molecule is CNC(=O)c1cccc2ccc(C#Cc3ccc(N4CCN(N(C(C)CC(=O)O)S(=O)[O-])CC4)cc3)cc12. The number of hydrazine groups is 1. The van der Waals surface area contributed by atoms with Crippen molar-refractivity contribution in [2.24, 2.45) is 0 Å². The van der Waals surface area contributed by atoms with E-state index >= 15 is 0 Å². The summed E-state index contributed by atoms with van der Waals surface area (Å²) in [5.41, 5.74) is 3.28. The first kappa shape index (κ1) is 27.3. The molecule has 0 saturated carbocycles. The molecule has 198 valence electrons. The predicted molar refractivity (Wildman–Crippen MR) is 146 cm³/mol. The minimum absolute atomic E-state index is 0.138. The Morgan fingerprint density at radius 3 is 2.34 bits per heavy atom. The molecule has 1 aliphatic rings. The molecule has 4 rings (SSSR count). The Bertz CT molecular complexity index is 1410. The topological polar surface area (TPSA) is 116 Å². The van der Waals surface area contributed by atoms with E-state index in [9.17, 15) is 18.4 Å². The predicted octanol–water partition coefficient (Wildman–Crippen LogP) is 2.60. The van der Waals surface area contributed by atoms with Gasteiger partial charge < -0.3 is 19.9 Å². The molecule has 9 nitrogen and oxygen atoms in total. The van der Waals surface area contributed by atoms with E-state index in [-0.39, 0.29) is 12.3 Å². The first-order valence-electron chi connectivity index (χ1n) is 12.2. The molecule has 3 aromatic rings. The maximum absolute atomic E-state index is 12.2. The molecule has 38 heavy (non-hydrogen) atoms. The molecule has 0 aromatic heterocycles. The fourth-order valence-electron chi connectivity index (χ4n) is 4.58. The molecule has 2 N–H and O–H groups in total. The van der Waals surface area contributed by atoms with Gasteiger partial charge in [0.2, 0.25) is 0 Å². The van der Waals surface area contributed by atoms with Gasteiger partial charge in [0.25, 0.3) is 5.91 Å². The number of nitrogens with one attached hydrogen (secondary N) is 1. The zero-order chi connectivity index (χ0) is 27.2. The highest BCUT2D eigenvalue weighted by molar-refractivity contribution is 7.76. The highest BCUT2D eigenvalue weighted by atomic mass is 32.2. The minimum Gasteiger partial charge on any atom is -0.759 e. The normalized spacial score (nSPS) is 15.5. The lowest BCUT2D eigenvalue weighted by molar-refractivity contribution is -0.139. The smallest absolute Gasteiger partial charge is 0.305 e. The van der Waals surface area contributed by atoms with E-state index in [2.05, 4.69) is 22.1 Å². The third-order valence-corrected chi connectivity index (χ3v) is 7.37. The second-order valence-electron chi connectivity index (χ2n) is 9.02. The zero-order valence-corrected chi connectivity index (χ0v) is 22.0. The second kappa shape index (κ2) is 12.2. The highest BCUT2D eigenvalue weighted by Crippen LogP contribution is 2.22. The van der Waals surface area contributed by atoms with E-state index < -0.39 is 23.3 Å². The van der Waals surface area contributed by atoms with E-state index in [0.717, 1.165) is 32.0 Å². The van der Waals surface area contributed by atoms with Gasteiger partial charge in [0.15, 0.2) is 0 Å². The molecule has 1 amide bonds. The van der Waals surface area contributed by atoms with Crippen molar-refractivity contribution in [2.75, 3.05) is 38.1 Å². The highest BCUT2D eigenvalue weighted by Gasteiger charge is 2.28. The summed E-state index contributed by atoms with van der Waals surface area (Å²) < 4.78 is 24.6. The summed E-state index contributed by atoms with van der Waals surface area (Å²) in [6, 6.07) is 18.6. The molecule has 1 heterocycles. The van der Waals surface area contributed by atoms with E-state index in [1.165, 1.54) is 0 Å². The van der Waals surface area contributed by atoms with Crippen LogP contribution in [0, 0.1) is 11.8 Å². The number of nitrogens with zero attached hydrogens (tertiary/aromatic N) is 3. The fourth-order valence-corrected chi connectivity index (χ4v) is 5.31. The quantitative estimate of drug-likeness (QED) is 0.354. The Labute approximate surface area is 224 Å². The van der Waals surface area contributed by atoms with Crippen LogP contribution in [-0.2, 0) is 16.1 Å². The molecule has 1 fully saturated rings. The van der Waals surface area contributed by atoms with Crippen molar-refractivity contribution in [2.45, 2.75) is 19.4 Å². The summed E-state index contributed by atoms with van der Waals surface area (Å²) in [4.78, 5) is 25.4. The Morgan fingerprint density at radius 1 is 1.05 bits per heavy atom. The summed E-state index contributed by atoms with van der Waals surface area (Å²) in [5, 5.41) is 15.2. The van der Waals surface area contributed by atoms with Gasteiger partial charge in [-0.3, -0.25) is 13.8 Å². The molecule has 0 bridgehead atoms. The molecule has 3 aromatic carbocycles. The number of aliphatic carboxylic acids is 1. The molecule has 0 radical (unpaired) electrons. The molecule has 1 aliphatic heterocycles. The summed E-state index contributed by atoms with van der Waals surface area (Å²) in [6.45, 7) is 3.71. The Hall–Kier alpha value is -3.75. The number of carboxylic acid groups (broad SMARTS) is 1. The molecule has 0 spiro atoms. The lowest BCUT2D eigenvalue weighted by atomic mass is 10.0. The molecule has 0 aliphatic carbocycles. The number of piperazine rings is 1. The number of anilines is 1. The molecule has 10 heteroatoms. The molecule has 2 unspecified atom stereocenters. The van der Waals surface area contributed by atoms with E-state index in [4.69, 9.17) is 5.11 Å². The first-order chi connectivity index (χ1) is 18.3. The van der Waals surface area contributed by atoms with Crippen LogP contribution in [0.4, 0.5) is 5.69 Å².